The molecule has 1 aromatic heterocycles. The largest absolute Gasteiger partial charge is 0.472 e. The summed E-state index contributed by atoms with van der Waals surface area (Å²) in [4.78, 5) is 0. The molecule has 1 N–H and O–H groups in total. The van der Waals surface area contributed by atoms with Gasteiger partial charge in [0.05, 0.1) is 12.5 Å². The molecule has 0 aliphatic rings. The summed E-state index contributed by atoms with van der Waals surface area (Å²) in [6, 6.07) is 6.88. The van der Waals surface area contributed by atoms with Crippen LogP contribution in [0.15, 0.2) is 47.3 Å². The highest BCUT2D eigenvalue weighted by atomic mass is 19.3. The topological polar surface area (TPSA) is 33.4 Å². The van der Waals surface area contributed by atoms with Crippen molar-refractivity contribution in [2.75, 3.05) is 0 Å². The Labute approximate surface area is 95.3 Å². The van der Waals surface area contributed by atoms with Gasteiger partial charge in [-0.1, -0.05) is 24.3 Å². The Kier molecular flexibility index (Phi) is 2.93. The molecule has 2 aromatic rings. The fourth-order valence-corrected chi connectivity index (χ4v) is 1.57. The molecule has 0 fully saturated rings. The van der Waals surface area contributed by atoms with Gasteiger partial charge in [-0.3, -0.25) is 0 Å². The molecule has 1 aromatic carbocycles. The zero-order chi connectivity index (χ0) is 12.5. The van der Waals surface area contributed by atoms with E-state index >= 15 is 0 Å². The Bertz CT molecular complexity index is 492. The zero-order valence-electron chi connectivity index (χ0n) is 8.61. The lowest BCUT2D eigenvalue weighted by Crippen LogP contribution is -2.27. The summed E-state index contributed by atoms with van der Waals surface area (Å²) >= 11 is 0. The summed E-state index contributed by atoms with van der Waals surface area (Å²) in [5.74, 6) is -3.95. The van der Waals surface area contributed by atoms with Gasteiger partial charge in [0.15, 0.2) is 0 Å². The van der Waals surface area contributed by atoms with Gasteiger partial charge >= 0.3 is 5.92 Å². The van der Waals surface area contributed by atoms with Gasteiger partial charge in [-0.2, -0.15) is 8.78 Å². The number of benzene rings is 1. The number of hydrogen-bond acceptors (Lipinski definition) is 2. The smallest absolute Gasteiger partial charge is 0.328 e. The summed E-state index contributed by atoms with van der Waals surface area (Å²) in [5.41, 5.74) is -0.0414. The highest BCUT2D eigenvalue weighted by Crippen LogP contribution is 2.38. The lowest BCUT2D eigenvalue weighted by Gasteiger charge is -2.19. The van der Waals surface area contributed by atoms with E-state index in [0.29, 0.717) is 5.56 Å². The van der Waals surface area contributed by atoms with Gasteiger partial charge in [-0.25, -0.2) is 4.39 Å². The van der Waals surface area contributed by atoms with Crippen molar-refractivity contribution in [1.82, 2.24) is 0 Å². The average Bonchev–Trinajstić information content (AvgIpc) is 2.82. The second-order valence-electron chi connectivity index (χ2n) is 3.52. The maximum atomic E-state index is 13.5. The first kappa shape index (κ1) is 11.7. The monoisotopic (exact) mass is 242 g/mol. The maximum absolute atomic E-state index is 13.5. The third kappa shape index (κ3) is 2.06. The van der Waals surface area contributed by atoms with Crippen LogP contribution in [0.1, 0.15) is 5.56 Å². The van der Waals surface area contributed by atoms with Crippen LogP contribution in [-0.2, 0) is 5.92 Å². The van der Waals surface area contributed by atoms with Crippen molar-refractivity contribution in [3.63, 3.8) is 0 Å². The van der Waals surface area contributed by atoms with Crippen molar-refractivity contribution >= 4 is 0 Å². The van der Waals surface area contributed by atoms with E-state index < -0.39 is 17.8 Å². The summed E-state index contributed by atoms with van der Waals surface area (Å²) in [5, 5.41) is 8.52. The molecule has 5 heteroatoms. The molecule has 1 unspecified atom stereocenters. The van der Waals surface area contributed by atoms with Gasteiger partial charge in [0.1, 0.15) is 0 Å². The number of aliphatic hydroxyl groups excluding tert-OH is 1. The lowest BCUT2D eigenvalue weighted by molar-refractivity contribution is -0.174. The predicted octanol–water partition coefficient (Wildman–Crippen LogP) is 3.33. The third-order valence-electron chi connectivity index (χ3n) is 2.42. The minimum Gasteiger partial charge on any atom is -0.472 e. The fraction of sp³-hybridized carbons (Fsp3) is 0.167. The molecular formula is C12H9F3O2. The second kappa shape index (κ2) is 4.25. The summed E-state index contributed by atoms with van der Waals surface area (Å²) < 4.78 is 44.3. The van der Waals surface area contributed by atoms with Crippen LogP contribution >= 0.6 is 0 Å². The Morgan fingerprint density at radius 2 is 1.88 bits per heavy atom. The average molecular weight is 242 g/mol. The molecule has 2 rings (SSSR count). The van der Waals surface area contributed by atoms with Crippen molar-refractivity contribution in [1.29, 1.82) is 0 Å². The molecule has 0 amide bonds. The Hall–Kier alpha value is -1.75. The molecule has 17 heavy (non-hydrogen) atoms. The summed E-state index contributed by atoms with van der Waals surface area (Å²) in [6.07, 6.45) is -0.633. The highest BCUT2D eigenvalue weighted by Gasteiger charge is 2.42. The highest BCUT2D eigenvalue weighted by molar-refractivity contribution is 5.67. The van der Waals surface area contributed by atoms with E-state index in [1.807, 2.05) is 0 Å². The van der Waals surface area contributed by atoms with Crippen LogP contribution in [-0.4, -0.2) is 11.5 Å². The van der Waals surface area contributed by atoms with E-state index in [9.17, 15) is 13.2 Å². The Morgan fingerprint density at radius 3 is 2.47 bits per heavy atom. The molecule has 0 spiro atoms. The molecular weight excluding hydrogens is 233 g/mol. The minimum atomic E-state index is -3.95. The normalized spacial score (nSPS) is 13.6. The standard InChI is InChI=1S/C12H9F3O2/c13-11(16)12(14,15)10-4-2-1-3-9(10)8-5-6-17-7-8/h1-7,11,16H. The first-order valence-corrected chi connectivity index (χ1v) is 4.85. The third-order valence-corrected chi connectivity index (χ3v) is 2.42. The van der Waals surface area contributed by atoms with Crippen LogP contribution in [0.3, 0.4) is 0 Å². The maximum Gasteiger partial charge on any atom is 0.328 e. The quantitative estimate of drug-likeness (QED) is 0.895. The van der Waals surface area contributed by atoms with Gasteiger partial charge in [0.2, 0.25) is 0 Å². The summed E-state index contributed by atoms with van der Waals surface area (Å²) in [7, 11) is 0. The molecule has 0 bridgehead atoms. The van der Waals surface area contributed by atoms with Crippen molar-refractivity contribution in [3.8, 4) is 11.1 Å². The first-order valence-electron chi connectivity index (χ1n) is 4.85. The van der Waals surface area contributed by atoms with Crippen LogP contribution in [0.5, 0.6) is 0 Å². The van der Waals surface area contributed by atoms with E-state index in [1.165, 1.54) is 30.7 Å². The van der Waals surface area contributed by atoms with Crippen LogP contribution in [0, 0.1) is 0 Å². The number of hydrogen-bond donors (Lipinski definition) is 1. The van der Waals surface area contributed by atoms with Crippen LogP contribution in [0.25, 0.3) is 11.1 Å². The van der Waals surface area contributed by atoms with Crippen LogP contribution in [0.2, 0.25) is 0 Å². The minimum absolute atomic E-state index is 0.128. The molecule has 0 radical (unpaired) electrons. The van der Waals surface area contributed by atoms with E-state index in [1.54, 1.807) is 6.07 Å². The lowest BCUT2D eigenvalue weighted by atomic mass is 9.97. The molecule has 2 nitrogen and oxygen atoms in total. The molecule has 0 aliphatic carbocycles. The molecule has 0 aliphatic heterocycles. The number of alkyl halides is 3. The van der Waals surface area contributed by atoms with Crippen LogP contribution < -0.4 is 0 Å². The van der Waals surface area contributed by atoms with E-state index in [-0.39, 0.29) is 5.56 Å². The SMILES string of the molecule is OC(F)C(F)(F)c1ccccc1-c1ccoc1. The van der Waals surface area contributed by atoms with Gasteiger partial charge < -0.3 is 9.52 Å². The predicted molar refractivity (Wildman–Crippen MR) is 55.2 cm³/mol. The number of rotatable bonds is 3. The molecule has 0 saturated heterocycles. The Balaban J connectivity index is 2.56. The molecule has 1 atom stereocenters. The number of aliphatic hydroxyl groups is 1. The summed E-state index contributed by atoms with van der Waals surface area (Å²) in [6.45, 7) is 0. The zero-order valence-corrected chi connectivity index (χ0v) is 8.61. The van der Waals surface area contributed by atoms with Gasteiger partial charge in [0, 0.05) is 11.1 Å². The van der Waals surface area contributed by atoms with Crippen molar-refractivity contribution < 1.29 is 22.7 Å². The second-order valence-corrected chi connectivity index (χ2v) is 3.52. The van der Waals surface area contributed by atoms with Crippen LogP contribution in [0.4, 0.5) is 13.2 Å². The van der Waals surface area contributed by atoms with Crippen molar-refractivity contribution in [2.45, 2.75) is 12.3 Å². The Morgan fingerprint density at radius 1 is 1.18 bits per heavy atom. The molecule has 0 saturated carbocycles. The van der Waals surface area contributed by atoms with Gasteiger partial charge in [-0.05, 0) is 11.6 Å². The number of halogens is 3. The number of furan rings is 1. The van der Waals surface area contributed by atoms with Gasteiger partial charge in [-0.15, -0.1) is 0 Å². The van der Waals surface area contributed by atoms with Crippen molar-refractivity contribution in [3.05, 3.63) is 48.4 Å². The van der Waals surface area contributed by atoms with E-state index in [4.69, 9.17) is 9.52 Å². The molecule has 1 heterocycles. The van der Waals surface area contributed by atoms with Crippen molar-refractivity contribution in [2.24, 2.45) is 0 Å². The van der Waals surface area contributed by atoms with E-state index in [2.05, 4.69) is 0 Å². The first-order chi connectivity index (χ1) is 8.03. The van der Waals surface area contributed by atoms with Gasteiger partial charge in [0.25, 0.3) is 6.36 Å². The fourth-order valence-electron chi connectivity index (χ4n) is 1.57. The van der Waals surface area contributed by atoms with E-state index in [0.717, 1.165) is 6.07 Å². The molecule has 90 valence electrons.